The molecule has 28 heavy (non-hydrogen) atoms. The van der Waals surface area contributed by atoms with Crippen molar-refractivity contribution in [2.45, 2.75) is 12.5 Å². The lowest BCUT2D eigenvalue weighted by Gasteiger charge is -2.24. The van der Waals surface area contributed by atoms with Gasteiger partial charge in [-0.1, -0.05) is 35.9 Å². The van der Waals surface area contributed by atoms with Crippen LogP contribution in [0.3, 0.4) is 0 Å². The second kappa shape index (κ2) is 7.36. The number of aromatic nitrogens is 2. The summed E-state index contributed by atoms with van der Waals surface area (Å²) in [5.41, 5.74) is 2.01. The Labute approximate surface area is 166 Å². The quantitative estimate of drug-likeness (QED) is 0.703. The second-order valence-corrected chi connectivity index (χ2v) is 6.76. The molecule has 2 heterocycles. The van der Waals surface area contributed by atoms with Crippen LogP contribution in [-0.4, -0.2) is 28.7 Å². The standard InChI is InChI=1S/C20H17ClN4O3/c1-28-17-5-3-2-4-14(17)22-20(27)16-11-19(26)23-18-10-15(24-25(16)18)12-6-8-13(21)9-7-12/h2-10,16H,11H2,1H3,(H,22,27)(H,23,26)/t16-/m1/s1. The SMILES string of the molecule is COc1ccccc1NC(=O)[C@H]1CC(=O)Nc2cc(-c3ccc(Cl)cc3)nn21. The third-order valence-electron chi connectivity index (χ3n) is 4.48. The maximum Gasteiger partial charge on any atom is 0.249 e. The van der Waals surface area contributed by atoms with Crippen molar-refractivity contribution in [3.63, 3.8) is 0 Å². The van der Waals surface area contributed by atoms with Crippen LogP contribution in [0.1, 0.15) is 12.5 Å². The highest BCUT2D eigenvalue weighted by molar-refractivity contribution is 6.30. The van der Waals surface area contributed by atoms with Crippen LogP contribution in [0.2, 0.25) is 5.02 Å². The topological polar surface area (TPSA) is 85.2 Å². The predicted octanol–water partition coefficient (Wildman–Crippen LogP) is 3.73. The number of amides is 2. The van der Waals surface area contributed by atoms with E-state index >= 15 is 0 Å². The van der Waals surface area contributed by atoms with Gasteiger partial charge in [-0.15, -0.1) is 0 Å². The first-order chi connectivity index (χ1) is 13.5. The minimum atomic E-state index is -0.769. The van der Waals surface area contributed by atoms with Crippen LogP contribution >= 0.6 is 11.6 Å². The minimum Gasteiger partial charge on any atom is -0.495 e. The van der Waals surface area contributed by atoms with Crippen molar-refractivity contribution >= 4 is 34.9 Å². The van der Waals surface area contributed by atoms with E-state index < -0.39 is 6.04 Å². The maximum atomic E-state index is 12.9. The van der Waals surface area contributed by atoms with Crippen LogP contribution in [0.15, 0.2) is 54.6 Å². The molecule has 7 nitrogen and oxygen atoms in total. The van der Waals surface area contributed by atoms with E-state index in [1.807, 2.05) is 18.2 Å². The molecule has 0 bridgehead atoms. The summed E-state index contributed by atoms with van der Waals surface area (Å²) in [6.07, 6.45) is -0.00425. The number of rotatable bonds is 4. The monoisotopic (exact) mass is 396 g/mol. The van der Waals surface area contributed by atoms with Crippen LogP contribution in [-0.2, 0) is 9.59 Å². The molecule has 1 aliphatic rings. The first-order valence-electron chi connectivity index (χ1n) is 8.64. The van der Waals surface area contributed by atoms with Gasteiger partial charge >= 0.3 is 0 Å². The van der Waals surface area contributed by atoms with Gasteiger partial charge in [-0.3, -0.25) is 9.59 Å². The Morgan fingerprint density at radius 2 is 2.00 bits per heavy atom. The third kappa shape index (κ3) is 3.44. The highest BCUT2D eigenvalue weighted by Crippen LogP contribution is 2.31. The summed E-state index contributed by atoms with van der Waals surface area (Å²) in [4.78, 5) is 25.0. The number of halogens is 1. The number of hydrogen-bond acceptors (Lipinski definition) is 4. The fourth-order valence-electron chi connectivity index (χ4n) is 3.11. The zero-order valence-electron chi connectivity index (χ0n) is 15.0. The molecular formula is C20H17ClN4O3. The summed E-state index contributed by atoms with van der Waals surface area (Å²) < 4.78 is 6.81. The van der Waals surface area contributed by atoms with Crippen LogP contribution in [0.25, 0.3) is 11.3 Å². The summed E-state index contributed by atoms with van der Waals surface area (Å²) in [6, 6.07) is 15.3. The molecule has 2 N–H and O–H groups in total. The predicted molar refractivity (Wildman–Crippen MR) is 107 cm³/mol. The van der Waals surface area contributed by atoms with Gasteiger partial charge in [0.15, 0.2) is 0 Å². The highest BCUT2D eigenvalue weighted by atomic mass is 35.5. The van der Waals surface area contributed by atoms with Gasteiger partial charge in [0.2, 0.25) is 11.8 Å². The molecule has 2 amide bonds. The first-order valence-corrected chi connectivity index (χ1v) is 9.02. The van der Waals surface area contributed by atoms with Gasteiger partial charge in [0.1, 0.15) is 17.6 Å². The molecule has 1 aliphatic heterocycles. The number of ether oxygens (including phenoxy) is 1. The van der Waals surface area contributed by atoms with Crippen molar-refractivity contribution in [3.8, 4) is 17.0 Å². The molecule has 0 radical (unpaired) electrons. The van der Waals surface area contributed by atoms with Gasteiger partial charge in [0.05, 0.1) is 24.9 Å². The highest BCUT2D eigenvalue weighted by Gasteiger charge is 2.32. The Balaban J connectivity index is 1.65. The van der Waals surface area contributed by atoms with E-state index in [1.165, 1.54) is 11.8 Å². The van der Waals surface area contributed by atoms with E-state index in [1.54, 1.807) is 36.4 Å². The van der Waals surface area contributed by atoms with Gasteiger partial charge in [0.25, 0.3) is 0 Å². The van der Waals surface area contributed by atoms with Gasteiger partial charge < -0.3 is 15.4 Å². The Kier molecular flexibility index (Phi) is 4.75. The van der Waals surface area contributed by atoms with E-state index in [0.717, 1.165) is 5.56 Å². The van der Waals surface area contributed by atoms with Gasteiger partial charge in [-0.05, 0) is 24.3 Å². The van der Waals surface area contributed by atoms with E-state index in [0.29, 0.717) is 28.0 Å². The number of nitrogens with one attached hydrogen (secondary N) is 2. The Hall–Kier alpha value is -3.32. The Morgan fingerprint density at radius 1 is 1.25 bits per heavy atom. The third-order valence-corrected chi connectivity index (χ3v) is 4.74. The van der Waals surface area contributed by atoms with Crippen molar-refractivity contribution in [1.29, 1.82) is 0 Å². The summed E-state index contributed by atoms with van der Waals surface area (Å²) >= 11 is 5.94. The average Bonchev–Trinajstić information content (AvgIpc) is 3.12. The summed E-state index contributed by atoms with van der Waals surface area (Å²) in [5, 5.41) is 10.7. The van der Waals surface area contributed by atoms with Gasteiger partial charge in [-0.25, -0.2) is 4.68 Å². The number of hydrogen-bond donors (Lipinski definition) is 2. The Morgan fingerprint density at radius 3 is 2.75 bits per heavy atom. The zero-order valence-corrected chi connectivity index (χ0v) is 15.7. The van der Waals surface area contributed by atoms with Crippen LogP contribution in [0.5, 0.6) is 5.75 Å². The molecule has 1 aromatic heterocycles. The molecule has 4 rings (SSSR count). The van der Waals surface area contributed by atoms with E-state index in [4.69, 9.17) is 16.3 Å². The summed E-state index contributed by atoms with van der Waals surface area (Å²) in [7, 11) is 1.53. The smallest absolute Gasteiger partial charge is 0.249 e. The molecule has 8 heteroatoms. The average molecular weight is 397 g/mol. The maximum absolute atomic E-state index is 12.9. The lowest BCUT2D eigenvalue weighted by molar-refractivity contribution is -0.125. The molecule has 0 saturated heterocycles. The zero-order chi connectivity index (χ0) is 19.7. The second-order valence-electron chi connectivity index (χ2n) is 6.32. The Bertz CT molecular complexity index is 1050. The number of para-hydroxylation sites is 2. The molecule has 2 aromatic carbocycles. The first kappa shape index (κ1) is 18.1. The van der Waals surface area contributed by atoms with Crippen LogP contribution in [0.4, 0.5) is 11.5 Å². The number of fused-ring (bicyclic) bond motifs is 1. The number of methoxy groups -OCH3 is 1. The number of carbonyl (C=O) groups excluding carboxylic acids is 2. The van der Waals surface area contributed by atoms with E-state index in [-0.39, 0.29) is 18.2 Å². The van der Waals surface area contributed by atoms with E-state index in [9.17, 15) is 9.59 Å². The molecule has 3 aromatic rings. The summed E-state index contributed by atoms with van der Waals surface area (Å²) in [6.45, 7) is 0. The van der Waals surface area contributed by atoms with Gasteiger partial charge in [-0.2, -0.15) is 5.10 Å². The molecule has 142 valence electrons. The van der Waals surface area contributed by atoms with Crippen molar-refractivity contribution in [2.75, 3.05) is 17.7 Å². The van der Waals surface area contributed by atoms with Crippen LogP contribution in [0, 0.1) is 0 Å². The van der Waals surface area contributed by atoms with Crippen molar-refractivity contribution in [2.24, 2.45) is 0 Å². The molecule has 0 unspecified atom stereocenters. The van der Waals surface area contributed by atoms with Crippen molar-refractivity contribution < 1.29 is 14.3 Å². The van der Waals surface area contributed by atoms with Crippen LogP contribution < -0.4 is 15.4 Å². The molecular weight excluding hydrogens is 380 g/mol. The largest absolute Gasteiger partial charge is 0.495 e. The normalized spacial score (nSPS) is 15.5. The number of anilines is 2. The summed E-state index contributed by atoms with van der Waals surface area (Å²) in [5.74, 6) is 0.432. The number of carbonyl (C=O) groups is 2. The molecule has 0 spiro atoms. The van der Waals surface area contributed by atoms with E-state index in [2.05, 4.69) is 15.7 Å². The minimum absolute atomic E-state index is 0.00425. The number of nitrogens with zero attached hydrogens (tertiary/aromatic N) is 2. The molecule has 0 fully saturated rings. The van der Waals surface area contributed by atoms with Crippen molar-refractivity contribution in [3.05, 3.63) is 59.6 Å². The lowest BCUT2D eigenvalue weighted by Crippen LogP contribution is -2.35. The van der Waals surface area contributed by atoms with Crippen molar-refractivity contribution in [1.82, 2.24) is 9.78 Å². The molecule has 1 atom stereocenters. The molecule has 0 saturated carbocycles. The van der Waals surface area contributed by atoms with Gasteiger partial charge in [0, 0.05) is 16.7 Å². The lowest BCUT2D eigenvalue weighted by atomic mass is 10.1. The fraction of sp³-hybridized carbons (Fsp3) is 0.150. The molecule has 0 aliphatic carbocycles. The fourth-order valence-corrected chi connectivity index (χ4v) is 3.24. The number of benzene rings is 2.